The van der Waals surface area contributed by atoms with Crippen molar-refractivity contribution in [3.63, 3.8) is 0 Å². The van der Waals surface area contributed by atoms with E-state index in [-0.39, 0.29) is 36.8 Å². The van der Waals surface area contributed by atoms with Crippen molar-refractivity contribution in [2.75, 3.05) is 6.54 Å². The maximum Gasteiger partial charge on any atom is 0.253 e. The number of aromatic nitrogens is 1. The highest BCUT2D eigenvalue weighted by Crippen LogP contribution is 2.31. The van der Waals surface area contributed by atoms with Gasteiger partial charge >= 0.3 is 0 Å². The summed E-state index contributed by atoms with van der Waals surface area (Å²) in [6, 6.07) is 7.14. The van der Waals surface area contributed by atoms with Crippen LogP contribution in [0, 0.1) is 5.92 Å². The van der Waals surface area contributed by atoms with Crippen molar-refractivity contribution in [2.45, 2.75) is 18.9 Å². The van der Waals surface area contributed by atoms with Gasteiger partial charge in [-0.1, -0.05) is 11.6 Å². The standard InChI is InChI=1S/C15H16ClN3O.2ClH/c16-12-6-5-11(14-10(12)2-1-7-18-14)15(20)19-8-13(17)9-3-4-9;;/h1-2,5-7,9,13H,3-4,8,17H2,(H,19,20);2*1H. The van der Waals surface area contributed by atoms with Gasteiger partial charge in [0.2, 0.25) is 0 Å². The van der Waals surface area contributed by atoms with Crippen LogP contribution in [0.15, 0.2) is 30.5 Å². The minimum absolute atomic E-state index is 0. The number of carbonyl (C=O) groups excluding carboxylic acids is 1. The van der Waals surface area contributed by atoms with Crippen LogP contribution in [-0.2, 0) is 0 Å². The zero-order valence-electron chi connectivity index (χ0n) is 11.8. The molecule has 1 aliphatic rings. The predicted molar refractivity (Wildman–Crippen MR) is 94.3 cm³/mol. The molecular formula is C15H18Cl3N3O. The van der Waals surface area contributed by atoms with Crippen LogP contribution in [-0.4, -0.2) is 23.5 Å². The van der Waals surface area contributed by atoms with Crippen LogP contribution < -0.4 is 11.1 Å². The van der Waals surface area contributed by atoms with Gasteiger partial charge in [-0.15, -0.1) is 24.8 Å². The number of halogens is 3. The molecule has 0 radical (unpaired) electrons. The first-order valence-electron chi connectivity index (χ1n) is 6.74. The Bertz CT molecular complexity index is 662. The van der Waals surface area contributed by atoms with Gasteiger partial charge < -0.3 is 11.1 Å². The first-order valence-corrected chi connectivity index (χ1v) is 7.11. The lowest BCUT2D eigenvalue weighted by molar-refractivity contribution is 0.0952. The summed E-state index contributed by atoms with van der Waals surface area (Å²) in [6.07, 6.45) is 4.00. The fourth-order valence-electron chi connectivity index (χ4n) is 2.32. The summed E-state index contributed by atoms with van der Waals surface area (Å²) in [6.45, 7) is 0.500. The molecule has 1 atom stereocenters. The van der Waals surface area contributed by atoms with Crippen molar-refractivity contribution in [3.8, 4) is 0 Å². The second kappa shape index (κ2) is 7.97. The van der Waals surface area contributed by atoms with E-state index in [1.807, 2.05) is 6.07 Å². The third-order valence-corrected chi connectivity index (χ3v) is 4.02. The predicted octanol–water partition coefficient (Wildman–Crippen LogP) is 3.20. The molecule has 2 aromatic rings. The maximum absolute atomic E-state index is 12.3. The van der Waals surface area contributed by atoms with Crippen LogP contribution in [0.1, 0.15) is 23.2 Å². The van der Waals surface area contributed by atoms with Crippen LogP contribution in [0.2, 0.25) is 5.02 Å². The van der Waals surface area contributed by atoms with Gasteiger partial charge in [-0.25, -0.2) is 0 Å². The minimum Gasteiger partial charge on any atom is -0.350 e. The molecule has 1 aromatic heterocycles. The van der Waals surface area contributed by atoms with E-state index in [0.717, 1.165) is 5.39 Å². The average Bonchev–Trinajstić information content (AvgIpc) is 3.30. The first kappa shape index (κ1) is 19.0. The van der Waals surface area contributed by atoms with Crippen LogP contribution in [0.3, 0.4) is 0 Å². The van der Waals surface area contributed by atoms with Crippen molar-refractivity contribution in [2.24, 2.45) is 11.7 Å². The van der Waals surface area contributed by atoms with E-state index in [1.54, 1.807) is 24.4 Å². The van der Waals surface area contributed by atoms with E-state index in [9.17, 15) is 4.79 Å². The van der Waals surface area contributed by atoms with Crippen molar-refractivity contribution in [3.05, 3.63) is 41.0 Å². The van der Waals surface area contributed by atoms with E-state index in [0.29, 0.717) is 28.6 Å². The van der Waals surface area contributed by atoms with E-state index in [2.05, 4.69) is 10.3 Å². The second-order valence-electron chi connectivity index (χ2n) is 5.21. The molecule has 0 saturated heterocycles. The number of benzene rings is 1. The highest BCUT2D eigenvalue weighted by atomic mass is 35.5. The quantitative estimate of drug-likeness (QED) is 0.877. The molecule has 22 heavy (non-hydrogen) atoms. The Kier molecular flexibility index (Phi) is 6.88. The molecule has 3 N–H and O–H groups in total. The monoisotopic (exact) mass is 361 g/mol. The SMILES string of the molecule is Cl.Cl.NC(CNC(=O)c1ccc(Cl)c2cccnc12)C1CC1. The molecule has 1 aliphatic carbocycles. The number of amides is 1. The largest absolute Gasteiger partial charge is 0.350 e. The van der Waals surface area contributed by atoms with E-state index >= 15 is 0 Å². The highest BCUT2D eigenvalue weighted by Gasteiger charge is 2.28. The van der Waals surface area contributed by atoms with Gasteiger partial charge in [-0.3, -0.25) is 9.78 Å². The highest BCUT2D eigenvalue weighted by molar-refractivity contribution is 6.36. The van der Waals surface area contributed by atoms with Gasteiger partial charge in [0, 0.05) is 24.2 Å². The summed E-state index contributed by atoms with van der Waals surface area (Å²) < 4.78 is 0. The van der Waals surface area contributed by atoms with Crippen LogP contribution in [0.25, 0.3) is 10.9 Å². The van der Waals surface area contributed by atoms with E-state index in [4.69, 9.17) is 17.3 Å². The van der Waals surface area contributed by atoms with E-state index < -0.39 is 0 Å². The van der Waals surface area contributed by atoms with Crippen molar-refractivity contribution in [1.82, 2.24) is 10.3 Å². The first-order chi connectivity index (χ1) is 9.66. The average molecular weight is 363 g/mol. The molecule has 0 spiro atoms. The molecule has 4 nitrogen and oxygen atoms in total. The molecule has 1 unspecified atom stereocenters. The Morgan fingerprint density at radius 2 is 2.09 bits per heavy atom. The third-order valence-electron chi connectivity index (χ3n) is 3.69. The number of hydrogen-bond donors (Lipinski definition) is 2. The lowest BCUT2D eigenvalue weighted by atomic mass is 10.1. The number of fused-ring (bicyclic) bond motifs is 1. The molecule has 1 amide bonds. The normalized spacial score (nSPS) is 14.6. The Labute approximate surface area is 146 Å². The molecule has 120 valence electrons. The maximum atomic E-state index is 12.3. The Morgan fingerprint density at radius 1 is 1.36 bits per heavy atom. The van der Waals surface area contributed by atoms with Crippen LogP contribution >= 0.6 is 36.4 Å². The number of rotatable bonds is 4. The zero-order valence-corrected chi connectivity index (χ0v) is 14.2. The van der Waals surface area contributed by atoms with Crippen molar-refractivity contribution in [1.29, 1.82) is 0 Å². The molecule has 1 heterocycles. The molecule has 7 heteroatoms. The van der Waals surface area contributed by atoms with Gasteiger partial charge in [0.25, 0.3) is 5.91 Å². The summed E-state index contributed by atoms with van der Waals surface area (Å²) in [4.78, 5) is 16.5. The van der Waals surface area contributed by atoms with Gasteiger partial charge in [0.1, 0.15) is 0 Å². The number of nitrogens with one attached hydrogen (secondary N) is 1. The number of carbonyl (C=O) groups is 1. The number of nitrogens with two attached hydrogens (primary N) is 1. The zero-order chi connectivity index (χ0) is 14.1. The van der Waals surface area contributed by atoms with Crippen molar-refractivity contribution < 1.29 is 4.79 Å². The molecule has 3 rings (SSSR count). The topological polar surface area (TPSA) is 68.0 Å². The smallest absolute Gasteiger partial charge is 0.253 e. The van der Waals surface area contributed by atoms with Gasteiger partial charge in [0.15, 0.2) is 0 Å². The second-order valence-corrected chi connectivity index (χ2v) is 5.61. The number of pyridine rings is 1. The minimum atomic E-state index is -0.151. The summed E-state index contributed by atoms with van der Waals surface area (Å²) in [5.74, 6) is 0.414. The summed E-state index contributed by atoms with van der Waals surface area (Å²) in [5.41, 5.74) is 7.15. The van der Waals surface area contributed by atoms with Gasteiger partial charge in [0.05, 0.1) is 16.1 Å². The molecule has 0 bridgehead atoms. The van der Waals surface area contributed by atoms with Crippen LogP contribution in [0.4, 0.5) is 0 Å². The number of nitrogens with zero attached hydrogens (tertiary/aromatic N) is 1. The molecule has 0 aliphatic heterocycles. The molecule has 1 saturated carbocycles. The number of hydrogen-bond acceptors (Lipinski definition) is 3. The van der Waals surface area contributed by atoms with Crippen LogP contribution in [0.5, 0.6) is 0 Å². The lowest BCUT2D eigenvalue weighted by Crippen LogP contribution is -2.38. The summed E-state index contributed by atoms with van der Waals surface area (Å²) >= 11 is 6.12. The Hall–Kier alpha value is -1.07. The lowest BCUT2D eigenvalue weighted by Gasteiger charge is -2.12. The third kappa shape index (κ3) is 4.02. The Morgan fingerprint density at radius 3 is 2.77 bits per heavy atom. The van der Waals surface area contributed by atoms with Crippen molar-refractivity contribution >= 4 is 53.2 Å². The fourth-order valence-corrected chi connectivity index (χ4v) is 2.53. The fraction of sp³-hybridized carbons (Fsp3) is 0.333. The summed E-state index contributed by atoms with van der Waals surface area (Å²) in [7, 11) is 0. The molecule has 1 aromatic carbocycles. The van der Waals surface area contributed by atoms with Gasteiger partial charge in [-0.2, -0.15) is 0 Å². The summed E-state index contributed by atoms with van der Waals surface area (Å²) in [5, 5.41) is 4.27. The van der Waals surface area contributed by atoms with Gasteiger partial charge in [-0.05, 0) is 43.0 Å². The Balaban J connectivity index is 0.00000121. The van der Waals surface area contributed by atoms with E-state index in [1.165, 1.54) is 12.8 Å². The molecular weight excluding hydrogens is 345 g/mol. The molecule has 1 fully saturated rings.